The van der Waals surface area contributed by atoms with E-state index in [1.165, 1.54) is 6.21 Å². The molecule has 6 heteroatoms. The monoisotopic (exact) mass is 325 g/mol. The van der Waals surface area contributed by atoms with Crippen LogP contribution in [0.1, 0.15) is 11.1 Å². The van der Waals surface area contributed by atoms with Crippen LogP contribution >= 0.6 is 0 Å². The van der Waals surface area contributed by atoms with Gasteiger partial charge in [-0.3, -0.25) is 9.59 Å². The van der Waals surface area contributed by atoms with Gasteiger partial charge in [0.1, 0.15) is 5.75 Å². The molecular formula is C18H19N3O3. The van der Waals surface area contributed by atoms with E-state index in [-0.39, 0.29) is 0 Å². The van der Waals surface area contributed by atoms with Gasteiger partial charge in [-0.25, -0.2) is 5.43 Å². The van der Waals surface area contributed by atoms with Gasteiger partial charge in [0.2, 0.25) is 0 Å². The highest BCUT2D eigenvalue weighted by Crippen LogP contribution is 2.14. The molecule has 0 aliphatic carbocycles. The van der Waals surface area contributed by atoms with Crippen molar-refractivity contribution >= 4 is 18.0 Å². The number of benzene rings is 2. The molecule has 0 spiro atoms. The molecule has 2 rings (SSSR count). The Labute approximate surface area is 140 Å². The molecule has 0 saturated heterocycles. The van der Waals surface area contributed by atoms with Gasteiger partial charge in [-0.1, -0.05) is 42.5 Å². The van der Waals surface area contributed by atoms with Crippen molar-refractivity contribution in [2.75, 3.05) is 13.7 Å². The standard InChI is InChI=1S/C18H19N3O3/c1-24-16-10-6-5-9-15(16)13-20-21-18(23)17(22)19-12-11-14-7-3-2-4-8-14/h2-10,13H,11-12H2,1H3,(H,19,22)(H,21,23)/b20-13-. The molecule has 0 aliphatic rings. The Morgan fingerprint density at radius 1 is 1.04 bits per heavy atom. The summed E-state index contributed by atoms with van der Waals surface area (Å²) in [5.41, 5.74) is 3.98. The summed E-state index contributed by atoms with van der Waals surface area (Å²) >= 11 is 0. The predicted octanol–water partition coefficient (Wildman–Crippen LogP) is 1.50. The summed E-state index contributed by atoms with van der Waals surface area (Å²) in [7, 11) is 1.55. The van der Waals surface area contributed by atoms with Crippen LogP contribution in [0.15, 0.2) is 59.7 Å². The van der Waals surface area contributed by atoms with Gasteiger partial charge in [0.25, 0.3) is 0 Å². The van der Waals surface area contributed by atoms with E-state index in [4.69, 9.17) is 4.74 Å². The quantitative estimate of drug-likeness (QED) is 0.480. The van der Waals surface area contributed by atoms with Crippen molar-refractivity contribution in [2.45, 2.75) is 6.42 Å². The number of nitrogens with one attached hydrogen (secondary N) is 2. The third-order valence-electron chi connectivity index (χ3n) is 3.26. The second kappa shape index (κ2) is 9.09. The molecule has 0 heterocycles. The number of carbonyl (C=O) groups is 2. The number of hydrogen-bond donors (Lipinski definition) is 2. The minimum atomic E-state index is -0.811. The van der Waals surface area contributed by atoms with Crippen LogP contribution in [0.4, 0.5) is 0 Å². The zero-order valence-corrected chi connectivity index (χ0v) is 13.4. The number of hydrogen-bond acceptors (Lipinski definition) is 4. The van der Waals surface area contributed by atoms with Gasteiger partial charge in [-0.05, 0) is 24.1 Å². The lowest BCUT2D eigenvalue weighted by atomic mass is 10.1. The molecule has 2 N–H and O–H groups in total. The molecular weight excluding hydrogens is 306 g/mol. The molecule has 0 unspecified atom stereocenters. The van der Waals surface area contributed by atoms with Gasteiger partial charge in [-0.2, -0.15) is 5.10 Å². The van der Waals surface area contributed by atoms with E-state index in [2.05, 4.69) is 15.8 Å². The highest BCUT2D eigenvalue weighted by Gasteiger charge is 2.11. The van der Waals surface area contributed by atoms with Crippen molar-refractivity contribution in [1.29, 1.82) is 0 Å². The lowest BCUT2D eigenvalue weighted by Gasteiger charge is -2.05. The van der Waals surface area contributed by atoms with Crippen molar-refractivity contribution < 1.29 is 14.3 Å². The number of ether oxygens (including phenoxy) is 1. The van der Waals surface area contributed by atoms with E-state index in [1.54, 1.807) is 19.2 Å². The summed E-state index contributed by atoms with van der Waals surface area (Å²) in [6, 6.07) is 16.9. The average molecular weight is 325 g/mol. The molecule has 2 amide bonds. The van der Waals surface area contributed by atoms with E-state index in [0.717, 1.165) is 5.56 Å². The van der Waals surface area contributed by atoms with Gasteiger partial charge >= 0.3 is 11.8 Å². The molecule has 2 aromatic carbocycles. The molecule has 0 aliphatic heterocycles. The predicted molar refractivity (Wildman–Crippen MR) is 91.9 cm³/mol. The highest BCUT2D eigenvalue weighted by molar-refractivity contribution is 6.35. The smallest absolute Gasteiger partial charge is 0.329 e. The Balaban J connectivity index is 1.77. The SMILES string of the molecule is COc1ccccc1/C=N\NC(=O)C(=O)NCCc1ccccc1. The number of nitrogens with zero attached hydrogens (tertiary/aromatic N) is 1. The van der Waals surface area contributed by atoms with Gasteiger partial charge in [-0.15, -0.1) is 0 Å². The van der Waals surface area contributed by atoms with Crippen LogP contribution in [0.3, 0.4) is 0 Å². The van der Waals surface area contributed by atoms with Crippen LogP contribution in [0.2, 0.25) is 0 Å². The highest BCUT2D eigenvalue weighted by atomic mass is 16.5. The van der Waals surface area contributed by atoms with E-state index in [1.807, 2.05) is 42.5 Å². The molecule has 24 heavy (non-hydrogen) atoms. The number of methoxy groups -OCH3 is 1. The third kappa shape index (κ3) is 5.24. The molecule has 0 saturated carbocycles. The molecule has 6 nitrogen and oxygen atoms in total. The van der Waals surface area contributed by atoms with Crippen LogP contribution in [-0.2, 0) is 16.0 Å². The van der Waals surface area contributed by atoms with Gasteiger partial charge in [0.05, 0.1) is 13.3 Å². The number of carbonyl (C=O) groups excluding carboxylic acids is 2. The van der Waals surface area contributed by atoms with Crippen LogP contribution in [0.25, 0.3) is 0 Å². The Morgan fingerprint density at radius 3 is 2.50 bits per heavy atom. The van der Waals surface area contributed by atoms with Crippen molar-refractivity contribution in [2.24, 2.45) is 5.10 Å². The maximum absolute atomic E-state index is 11.7. The normalized spacial score (nSPS) is 10.4. The fourth-order valence-corrected chi connectivity index (χ4v) is 2.03. The second-order valence-electron chi connectivity index (χ2n) is 4.93. The Morgan fingerprint density at radius 2 is 1.75 bits per heavy atom. The Kier molecular flexibility index (Phi) is 6.52. The van der Waals surface area contributed by atoms with Crippen LogP contribution < -0.4 is 15.5 Å². The maximum Gasteiger partial charge on any atom is 0.329 e. The fraction of sp³-hybridized carbons (Fsp3) is 0.167. The van der Waals surface area contributed by atoms with E-state index in [9.17, 15) is 9.59 Å². The van der Waals surface area contributed by atoms with Gasteiger partial charge < -0.3 is 10.1 Å². The maximum atomic E-state index is 11.7. The summed E-state index contributed by atoms with van der Waals surface area (Å²) in [4.78, 5) is 23.3. The largest absolute Gasteiger partial charge is 0.496 e. The molecule has 0 aromatic heterocycles. The Hall–Kier alpha value is -3.15. The van der Waals surface area contributed by atoms with Crippen molar-refractivity contribution in [1.82, 2.24) is 10.7 Å². The second-order valence-corrected chi connectivity index (χ2v) is 4.93. The number of hydrazone groups is 1. The molecule has 0 atom stereocenters. The topological polar surface area (TPSA) is 79.8 Å². The first-order valence-corrected chi connectivity index (χ1v) is 7.49. The van der Waals surface area contributed by atoms with E-state index < -0.39 is 11.8 Å². The summed E-state index contributed by atoms with van der Waals surface area (Å²) < 4.78 is 5.16. The van der Waals surface area contributed by atoms with E-state index >= 15 is 0 Å². The summed E-state index contributed by atoms with van der Waals surface area (Å²) in [6.45, 7) is 0.381. The third-order valence-corrected chi connectivity index (χ3v) is 3.26. The van der Waals surface area contributed by atoms with Crippen LogP contribution in [0.5, 0.6) is 5.75 Å². The fourth-order valence-electron chi connectivity index (χ4n) is 2.03. The number of amides is 2. The zero-order valence-electron chi connectivity index (χ0n) is 13.4. The molecule has 0 fully saturated rings. The van der Waals surface area contributed by atoms with Crippen molar-refractivity contribution in [3.8, 4) is 5.75 Å². The molecule has 0 bridgehead atoms. The summed E-state index contributed by atoms with van der Waals surface area (Å²) in [5, 5.41) is 6.32. The zero-order chi connectivity index (χ0) is 17.2. The molecule has 2 aromatic rings. The lowest BCUT2D eigenvalue weighted by molar-refractivity contribution is -0.139. The summed E-state index contributed by atoms with van der Waals surface area (Å²) in [5.74, 6) is -0.903. The summed E-state index contributed by atoms with van der Waals surface area (Å²) in [6.07, 6.45) is 2.08. The Bertz CT molecular complexity index is 714. The van der Waals surface area contributed by atoms with Crippen molar-refractivity contribution in [3.05, 3.63) is 65.7 Å². The van der Waals surface area contributed by atoms with Crippen LogP contribution in [-0.4, -0.2) is 31.7 Å². The first-order chi connectivity index (χ1) is 11.7. The van der Waals surface area contributed by atoms with Crippen molar-refractivity contribution in [3.63, 3.8) is 0 Å². The average Bonchev–Trinajstić information content (AvgIpc) is 2.62. The minimum Gasteiger partial charge on any atom is -0.496 e. The van der Waals surface area contributed by atoms with E-state index in [0.29, 0.717) is 24.3 Å². The molecule has 0 radical (unpaired) electrons. The lowest BCUT2D eigenvalue weighted by Crippen LogP contribution is -2.38. The van der Waals surface area contributed by atoms with Crippen LogP contribution in [0, 0.1) is 0 Å². The molecule has 124 valence electrons. The first-order valence-electron chi connectivity index (χ1n) is 7.49. The number of para-hydroxylation sites is 1. The van der Waals surface area contributed by atoms with Gasteiger partial charge in [0, 0.05) is 12.1 Å². The van der Waals surface area contributed by atoms with Gasteiger partial charge in [0.15, 0.2) is 0 Å². The number of rotatable bonds is 6. The minimum absolute atomic E-state index is 0.381. The first kappa shape index (κ1) is 17.2.